The van der Waals surface area contributed by atoms with Crippen LogP contribution in [0.25, 0.3) is 11.0 Å². The first-order chi connectivity index (χ1) is 13.9. The van der Waals surface area contributed by atoms with Gasteiger partial charge in [0, 0.05) is 17.8 Å². The van der Waals surface area contributed by atoms with Gasteiger partial charge >= 0.3 is 11.6 Å². The monoisotopic (exact) mass is 414 g/mol. The van der Waals surface area contributed by atoms with Crippen LogP contribution in [0.5, 0.6) is 11.5 Å². The number of para-hydroxylation sites is 2. The lowest BCUT2D eigenvalue weighted by Crippen LogP contribution is -2.30. The fraction of sp³-hybridized carbons (Fsp3) is 0.190. The molecule has 0 aliphatic carbocycles. The molecule has 0 radical (unpaired) electrons. The minimum atomic E-state index is -0.656. The number of esters is 1. The Balaban J connectivity index is 1.70. The summed E-state index contributed by atoms with van der Waals surface area (Å²) in [7, 11) is -0.656. The van der Waals surface area contributed by atoms with E-state index in [1.807, 2.05) is 0 Å². The topological polar surface area (TPSA) is 106 Å². The number of carbonyl (C=O) groups is 2. The second kappa shape index (κ2) is 8.83. The van der Waals surface area contributed by atoms with Crippen LogP contribution in [0.2, 0.25) is 0 Å². The molecule has 1 amide bonds. The van der Waals surface area contributed by atoms with Crippen molar-refractivity contribution in [2.45, 2.75) is 11.8 Å². The Hall–Kier alpha value is -3.26. The molecule has 0 saturated heterocycles. The number of nitrogens with one attached hydrogen (secondary N) is 1. The number of hydrogen-bond acceptors (Lipinski definition) is 6. The van der Waals surface area contributed by atoms with Crippen molar-refractivity contribution in [3.63, 3.8) is 0 Å². The van der Waals surface area contributed by atoms with Crippen LogP contribution in [0.4, 0.5) is 0 Å². The third-order valence-electron chi connectivity index (χ3n) is 4.17. The summed E-state index contributed by atoms with van der Waals surface area (Å²) in [5.74, 6) is -0.388. The van der Waals surface area contributed by atoms with Gasteiger partial charge in [-0.15, -0.1) is 0 Å². The van der Waals surface area contributed by atoms with Gasteiger partial charge in [0.05, 0.1) is 17.5 Å². The molecule has 150 valence electrons. The number of amides is 1. The molecule has 8 heteroatoms. The third-order valence-corrected chi connectivity index (χ3v) is 6.05. The van der Waals surface area contributed by atoms with Crippen molar-refractivity contribution in [2.75, 3.05) is 18.6 Å². The second-order valence-corrected chi connectivity index (χ2v) is 8.34. The molecular weight excluding hydrogens is 394 g/mol. The van der Waals surface area contributed by atoms with Crippen molar-refractivity contribution in [2.24, 2.45) is 0 Å². The maximum Gasteiger partial charge on any atom is 0.396 e. The normalized spacial score (nSPS) is 11.8. The minimum Gasteiger partial charge on any atom is -0.503 e. The Morgan fingerprint density at radius 2 is 1.83 bits per heavy atom. The maximum atomic E-state index is 12.4. The zero-order valence-corrected chi connectivity index (χ0v) is 16.7. The second-order valence-electron chi connectivity index (χ2n) is 6.25. The highest BCUT2D eigenvalue weighted by Crippen LogP contribution is 2.29. The van der Waals surface area contributed by atoms with Crippen LogP contribution in [0.15, 0.2) is 62.6 Å². The minimum absolute atomic E-state index is 0.0887. The molecule has 0 spiro atoms. The van der Waals surface area contributed by atoms with Crippen molar-refractivity contribution < 1.29 is 23.8 Å². The Morgan fingerprint density at radius 3 is 2.59 bits per heavy atom. The molecule has 0 fully saturated rings. The van der Waals surface area contributed by atoms with E-state index in [1.54, 1.807) is 54.8 Å². The van der Waals surface area contributed by atoms with Crippen molar-refractivity contribution in [1.29, 1.82) is 0 Å². The van der Waals surface area contributed by atoms with E-state index < -0.39 is 28.4 Å². The van der Waals surface area contributed by atoms with Gasteiger partial charge in [-0.1, -0.05) is 24.3 Å². The maximum absolute atomic E-state index is 12.4. The quantitative estimate of drug-likeness (QED) is 0.278. The highest BCUT2D eigenvalue weighted by Gasteiger charge is 2.28. The summed E-state index contributed by atoms with van der Waals surface area (Å²) in [6.07, 6.45) is 1.81. The van der Waals surface area contributed by atoms with E-state index in [2.05, 4.69) is 5.32 Å². The van der Waals surface area contributed by atoms with E-state index in [4.69, 9.17) is 9.15 Å². The molecule has 0 saturated carbocycles. The van der Waals surface area contributed by atoms with Crippen molar-refractivity contribution in [1.82, 2.24) is 5.32 Å². The van der Waals surface area contributed by atoms with E-state index in [0.717, 1.165) is 0 Å². The average Bonchev–Trinajstić information content (AvgIpc) is 2.68. The first kappa shape index (κ1) is 20.5. The molecule has 0 aliphatic rings. The molecule has 0 bridgehead atoms. The zero-order valence-electron chi connectivity index (χ0n) is 15.9. The van der Waals surface area contributed by atoms with Gasteiger partial charge in [-0.25, -0.2) is 4.79 Å². The van der Waals surface area contributed by atoms with Gasteiger partial charge in [0.1, 0.15) is 23.3 Å². The van der Waals surface area contributed by atoms with Gasteiger partial charge in [-0.2, -0.15) is 0 Å². The lowest BCUT2D eigenvalue weighted by molar-refractivity contribution is -0.131. The molecule has 2 N–H and O–H groups in total. The predicted molar refractivity (Wildman–Crippen MR) is 111 cm³/mol. The predicted octanol–water partition coefficient (Wildman–Crippen LogP) is 2.46. The van der Waals surface area contributed by atoms with Crippen molar-refractivity contribution in [3.8, 4) is 11.5 Å². The fourth-order valence-corrected chi connectivity index (χ4v) is 4.22. The standard InChI is InChI=1S/C21H19NO6S/c1-13(23)27-17-10-6-4-8-15(17)20(25)22-11-12-29(2)19-18(24)14-7-3-5-9-16(14)28-21(19)26/h3-10H,11-12H2,1-2H3,(H-,22,24,25,26)/p+1. The molecule has 1 heterocycles. The highest BCUT2D eigenvalue weighted by atomic mass is 32.2. The Kier molecular flexibility index (Phi) is 6.23. The lowest BCUT2D eigenvalue weighted by atomic mass is 10.2. The van der Waals surface area contributed by atoms with Crippen LogP contribution in [0.3, 0.4) is 0 Å². The van der Waals surface area contributed by atoms with E-state index in [-0.39, 0.29) is 28.5 Å². The molecule has 1 atom stereocenters. The molecule has 0 aliphatic heterocycles. The van der Waals surface area contributed by atoms with E-state index >= 15 is 0 Å². The molecule has 29 heavy (non-hydrogen) atoms. The van der Waals surface area contributed by atoms with Gasteiger partial charge in [-0.3, -0.25) is 9.59 Å². The van der Waals surface area contributed by atoms with Gasteiger partial charge < -0.3 is 19.6 Å². The molecule has 1 unspecified atom stereocenters. The largest absolute Gasteiger partial charge is 0.503 e. The van der Waals surface area contributed by atoms with Crippen LogP contribution in [-0.2, 0) is 15.7 Å². The number of hydrogen-bond donors (Lipinski definition) is 2. The summed E-state index contributed by atoms with van der Waals surface area (Å²) in [6.45, 7) is 1.53. The number of fused-ring (bicyclic) bond motifs is 1. The zero-order chi connectivity index (χ0) is 21.0. The lowest BCUT2D eigenvalue weighted by Gasteiger charge is -2.10. The average molecular weight is 414 g/mol. The number of aromatic hydroxyl groups is 1. The van der Waals surface area contributed by atoms with Gasteiger partial charge in [0.25, 0.3) is 10.8 Å². The molecular formula is C21H20NO6S+. The van der Waals surface area contributed by atoms with Crippen molar-refractivity contribution >= 4 is 33.7 Å². The first-order valence-corrected chi connectivity index (χ1v) is 10.6. The summed E-state index contributed by atoms with van der Waals surface area (Å²) in [5.41, 5.74) is -0.0172. The summed E-state index contributed by atoms with van der Waals surface area (Å²) in [4.78, 5) is 36.1. The van der Waals surface area contributed by atoms with Crippen LogP contribution in [0, 0.1) is 0 Å². The number of carbonyl (C=O) groups excluding carboxylic acids is 2. The van der Waals surface area contributed by atoms with Crippen LogP contribution < -0.4 is 15.7 Å². The van der Waals surface area contributed by atoms with Crippen LogP contribution in [-0.4, -0.2) is 35.5 Å². The highest BCUT2D eigenvalue weighted by molar-refractivity contribution is 7.96. The summed E-state index contributed by atoms with van der Waals surface area (Å²) >= 11 is 0. The SMILES string of the molecule is CC(=O)Oc1ccccc1C(=O)NCC[S+](C)c1c(O)c2ccccc2oc1=O. The third kappa shape index (κ3) is 4.60. The van der Waals surface area contributed by atoms with Crippen LogP contribution >= 0.6 is 0 Å². The molecule has 1 aromatic heterocycles. The molecule has 7 nitrogen and oxygen atoms in total. The summed E-state index contributed by atoms with van der Waals surface area (Å²) in [5, 5.41) is 13.7. The summed E-state index contributed by atoms with van der Waals surface area (Å²) in [6, 6.07) is 13.2. The Morgan fingerprint density at radius 1 is 1.14 bits per heavy atom. The van der Waals surface area contributed by atoms with Crippen molar-refractivity contribution in [3.05, 3.63) is 64.5 Å². The number of benzene rings is 2. The van der Waals surface area contributed by atoms with E-state index in [9.17, 15) is 19.5 Å². The van der Waals surface area contributed by atoms with E-state index in [0.29, 0.717) is 16.7 Å². The Labute approximate surface area is 169 Å². The van der Waals surface area contributed by atoms with Gasteiger partial charge in [-0.05, 0) is 24.3 Å². The Bertz CT molecular complexity index is 1120. The first-order valence-electron chi connectivity index (χ1n) is 8.81. The molecule has 2 aromatic carbocycles. The molecule has 3 aromatic rings. The summed E-state index contributed by atoms with van der Waals surface area (Å²) < 4.78 is 10.4. The van der Waals surface area contributed by atoms with Crippen LogP contribution in [0.1, 0.15) is 17.3 Å². The van der Waals surface area contributed by atoms with Gasteiger partial charge in [0.2, 0.25) is 0 Å². The number of ether oxygens (including phenoxy) is 1. The number of rotatable bonds is 6. The smallest absolute Gasteiger partial charge is 0.396 e. The van der Waals surface area contributed by atoms with Gasteiger partial charge in [0.15, 0.2) is 5.75 Å². The molecule has 3 rings (SSSR count). The fourth-order valence-electron chi connectivity index (χ4n) is 2.84. The van der Waals surface area contributed by atoms with E-state index in [1.165, 1.54) is 6.92 Å².